The Kier molecular flexibility index (Phi) is 11.1. The summed E-state index contributed by atoms with van der Waals surface area (Å²) in [5, 5.41) is 16.5. The largest absolute Gasteiger partial charge is 0.355 e. The van der Waals surface area contributed by atoms with Crippen molar-refractivity contribution >= 4 is 28.8 Å². The number of rotatable bonds is 14. The second kappa shape index (κ2) is 17.2. The Balaban J connectivity index is 1.08. The van der Waals surface area contributed by atoms with E-state index in [4.69, 9.17) is 9.98 Å². The lowest BCUT2D eigenvalue weighted by Crippen LogP contribution is -2.33. The lowest BCUT2D eigenvalue weighted by Gasteiger charge is -2.23. The Morgan fingerprint density at radius 1 is 0.724 bits per heavy atom. The van der Waals surface area contributed by atoms with Crippen molar-refractivity contribution in [2.24, 2.45) is 15.9 Å². The van der Waals surface area contributed by atoms with Crippen molar-refractivity contribution in [2.75, 3.05) is 5.32 Å². The molecule has 0 saturated carbocycles. The minimum atomic E-state index is -0.360. The molecule has 5 nitrogen and oxygen atoms in total. The minimum absolute atomic E-state index is 0.360. The quantitative estimate of drug-likeness (QED) is 0.0781. The van der Waals surface area contributed by atoms with Crippen molar-refractivity contribution in [2.45, 2.75) is 19.0 Å². The molecule has 5 heteroatoms. The third-order valence-electron chi connectivity index (χ3n) is 10.4. The van der Waals surface area contributed by atoms with Crippen LogP contribution < -0.4 is 10.6 Å². The van der Waals surface area contributed by atoms with Gasteiger partial charge < -0.3 is 10.6 Å². The fourth-order valence-corrected chi connectivity index (χ4v) is 7.40. The highest BCUT2D eigenvalue weighted by molar-refractivity contribution is 6.18. The monoisotopic (exact) mass is 751 g/mol. The Morgan fingerprint density at radius 2 is 1.40 bits per heavy atom. The molecule has 2 aliphatic carbocycles. The predicted molar refractivity (Wildman–Crippen MR) is 246 cm³/mol. The maximum atomic E-state index is 9.43. The number of nitrogens with zero attached hydrogens (tertiary/aromatic N) is 2. The molecule has 0 radical (unpaired) electrons. The van der Waals surface area contributed by atoms with E-state index in [1.807, 2.05) is 54.7 Å². The minimum Gasteiger partial charge on any atom is -0.355 e. The maximum Gasteiger partial charge on any atom is 0.152 e. The zero-order valence-corrected chi connectivity index (χ0v) is 32.4. The van der Waals surface area contributed by atoms with Crippen LogP contribution in [0, 0.1) is 11.3 Å². The van der Waals surface area contributed by atoms with Gasteiger partial charge in [-0.1, -0.05) is 153 Å². The highest BCUT2D eigenvalue weighted by Crippen LogP contribution is 2.45. The van der Waals surface area contributed by atoms with Gasteiger partial charge in [0.05, 0.1) is 5.71 Å². The molecule has 3 aliphatic rings. The number of hydrogen-bond acceptors (Lipinski definition) is 5. The van der Waals surface area contributed by atoms with Gasteiger partial charge in [-0.05, 0) is 111 Å². The smallest absolute Gasteiger partial charge is 0.152 e. The van der Waals surface area contributed by atoms with Crippen LogP contribution in [0.5, 0.6) is 0 Å². The van der Waals surface area contributed by atoms with Crippen LogP contribution in [0.15, 0.2) is 229 Å². The molecule has 5 aromatic carbocycles. The van der Waals surface area contributed by atoms with E-state index in [9.17, 15) is 5.41 Å². The zero-order chi connectivity index (χ0) is 39.8. The molecule has 1 heterocycles. The normalized spacial score (nSPS) is 17.1. The first-order valence-electron chi connectivity index (χ1n) is 19.6. The molecule has 1 unspecified atom stereocenters. The van der Waals surface area contributed by atoms with Gasteiger partial charge in [0.2, 0.25) is 0 Å². The number of amidine groups is 2. The summed E-state index contributed by atoms with van der Waals surface area (Å²) in [6, 6.07) is 42.4. The van der Waals surface area contributed by atoms with Gasteiger partial charge in [-0.2, -0.15) is 0 Å². The third-order valence-corrected chi connectivity index (χ3v) is 10.4. The van der Waals surface area contributed by atoms with Gasteiger partial charge in [-0.25, -0.2) is 9.98 Å². The van der Waals surface area contributed by atoms with Crippen LogP contribution >= 0.6 is 0 Å². The highest BCUT2D eigenvalue weighted by Gasteiger charge is 2.33. The second-order valence-electron chi connectivity index (χ2n) is 14.4. The lowest BCUT2D eigenvalue weighted by molar-refractivity contribution is 0.675. The van der Waals surface area contributed by atoms with Crippen molar-refractivity contribution < 1.29 is 0 Å². The topological polar surface area (TPSA) is 72.6 Å². The van der Waals surface area contributed by atoms with Crippen LogP contribution in [0.3, 0.4) is 0 Å². The van der Waals surface area contributed by atoms with Crippen LogP contribution in [0.25, 0.3) is 33.4 Å². The zero-order valence-electron chi connectivity index (χ0n) is 32.4. The Morgan fingerprint density at radius 3 is 2.10 bits per heavy atom. The summed E-state index contributed by atoms with van der Waals surface area (Å²) in [6.45, 7) is 11.8. The second-order valence-corrected chi connectivity index (χ2v) is 14.4. The third kappa shape index (κ3) is 8.54. The molecule has 0 spiro atoms. The predicted octanol–water partition coefficient (Wildman–Crippen LogP) is 13.1. The van der Waals surface area contributed by atoms with E-state index < -0.39 is 0 Å². The Bertz CT molecular complexity index is 2650. The van der Waals surface area contributed by atoms with Crippen LogP contribution in [0.1, 0.15) is 30.1 Å². The molecule has 282 valence electrons. The van der Waals surface area contributed by atoms with Crippen LogP contribution in [0.2, 0.25) is 0 Å². The first-order chi connectivity index (χ1) is 28.5. The summed E-state index contributed by atoms with van der Waals surface area (Å²) in [6.07, 6.45) is 21.1. The summed E-state index contributed by atoms with van der Waals surface area (Å²) < 4.78 is 0. The summed E-state index contributed by atoms with van der Waals surface area (Å²) in [7, 11) is 0. The van der Waals surface area contributed by atoms with Gasteiger partial charge in [0, 0.05) is 28.4 Å². The molecule has 58 heavy (non-hydrogen) atoms. The van der Waals surface area contributed by atoms with Crippen molar-refractivity contribution in [1.82, 2.24) is 5.32 Å². The molecule has 5 aromatic rings. The molecule has 3 N–H and O–H groups in total. The van der Waals surface area contributed by atoms with E-state index >= 15 is 0 Å². The first-order valence-corrected chi connectivity index (χ1v) is 19.6. The maximum absolute atomic E-state index is 9.43. The van der Waals surface area contributed by atoms with Gasteiger partial charge in [0.15, 0.2) is 5.84 Å². The van der Waals surface area contributed by atoms with Gasteiger partial charge in [-0.15, -0.1) is 0 Å². The Hall–Kier alpha value is -7.37. The summed E-state index contributed by atoms with van der Waals surface area (Å²) in [5.41, 5.74) is 14.1. The highest BCUT2D eigenvalue weighted by atomic mass is 15.2. The van der Waals surface area contributed by atoms with Gasteiger partial charge in [-0.3, -0.25) is 5.41 Å². The SMILES string of the molecule is C=C/C=C\C=C\C1=NC(c2cccc(-c3cccc(-c4cccc(-c5ccc(Nc6ccccc6)c(C(=N)C6=CCC[C@@H]7C=C67)c5)c4)c3)c2)NC(C(=C)/C=C\C=C)=N1. The van der Waals surface area contributed by atoms with Crippen LogP contribution in [0.4, 0.5) is 11.4 Å². The number of nitrogens with one attached hydrogen (secondary N) is 3. The molecule has 0 saturated heterocycles. The van der Waals surface area contributed by atoms with E-state index in [1.165, 1.54) is 5.57 Å². The number of benzene rings is 5. The number of hydrogen-bond donors (Lipinski definition) is 3. The summed E-state index contributed by atoms with van der Waals surface area (Å²) in [5.74, 6) is 1.78. The molecule has 1 aliphatic heterocycles. The molecule has 0 aromatic heterocycles. The van der Waals surface area contributed by atoms with E-state index in [0.717, 1.165) is 79.9 Å². The average molecular weight is 752 g/mol. The fraction of sp³-hybridized carbons (Fsp3) is 0.0755. The molecule has 0 fully saturated rings. The van der Waals surface area contributed by atoms with Gasteiger partial charge in [0.1, 0.15) is 12.0 Å². The molecule has 8 rings (SSSR count). The molecule has 0 bridgehead atoms. The number of allylic oxidation sites excluding steroid dienone is 10. The van der Waals surface area contributed by atoms with Crippen molar-refractivity contribution in [3.8, 4) is 33.4 Å². The average Bonchev–Trinajstić information content (AvgIpc) is 4.08. The van der Waals surface area contributed by atoms with E-state index in [2.05, 4.69) is 146 Å². The number of fused-ring (bicyclic) bond motifs is 1. The first kappa shape index (κ1) is 37.5. The summed E-state index contributed by atoms with van der Waals surface area (Å²) in [4.78, 5) is 9.67. The molecule has 2 atom stereocenters. The van der Waals surface area contributed by atoms with Crippen LogP contribution in [-0.4, -0.2) is 17.4 Å². The molecular formula is C53H45N5. The Labute approximate surface area is 341 Å². The van der Waals surface area contributed by atoms with Gasteiger partial charge >= 0.3 is 0 Å². The number of para-hydroxylation sites is 1. The standard InChI is InChI=1S/C53H45N5/c1-4-6-8-12-28-50-56-52(36(3)17-7-5-2)58-53(57-50)44-24-15-22-41(33-44)39-20-13-18-37(31-39)38-19-14-21-40(32-38)42-29-30-49(55-45-25-10-9-11-26-45)48(34-42)51(54)46-27-16-23-43-35-47(43)46/h4-15,17-22,24-35,43,53-55H,1-3,16,23H2,(H,56,57,58)/b8-6-,17-7-,28-12+,54-51?/t43-,53?/m1/s1. The van der Waals surface area contributed by atoms with Crippen molar-refractivity contribution in [3.63, 3.8) is 0 Å². The van der Waals surface area contributed by atoms with E-state index in [-0.39, 0.29) is 6.17 Å². The fourth-order valence-electron chi connectivity index (χ4n) is 7.40. The van der Waals surface area contributed by atoms with Crippen molar-refractivity contribution in [1.29, 1.82) is 5.41 Å². The van der Waals surface area contributed by atoms with E-state index in [1.54, 1.807) is 12.2 Å². The number of anilines is 2. The molecular weight excluding hydrogens is 707 g/mol. The molecule has 0 amide bonds. The van der Waals surface area contributed by atoms with E-state index in [0.29, 0.717) is 23.3 Å². The lowest BCUT2D eigenvalue weighted by atomic mass is 9.89. The number of aliphatic imine (C=N–C) groups is 2. The van der Waals surface area contributed by atoms with Gasteiger partial charge in [0.25, 0.3) is 0 Å². The van der Waals surface area contributed by atoms with Crippen LogP contribution in [-0.2, 0) is 0 Å². The summed E-state index contributed by atoms with van der Waals surface area (Å²) >= 11 is 0. The van der Waals surface area contributed by atoms with Crippen molar-refractivity contribution in [3.05, 3.63) is 230 Å².